The Hall–Kier alpha value is -1.98. The summed E-state index contributed by atoms with van der Waals surface area (Å²) in [7, 11) is 0. The molecule has 0 unspecified atom stereocenters. The average molecular weight is 219 g/mol. The highest BCUT2D eigenvalue weighted by atomic mass is 16.5. The number of hydrogen-bond acceptors (Lipinski definition) is 6. The summed E-state index contributed by atoms with van der Waals surface area (Å²) in [4.78, 5) is 16.2. The summed E-state index contributed by atoms with van der Waals surface area (Å²) in [5, 5.41) is 0. The van der Waals surface area contributed by atoms with Gasteiger partial charge in [-0.3, -0.25) is 0 Å². The second kappa shape index (κ2) is 4.69. The fourth-order valence-corrected chi connectivity index (χ4v) is 1.27. The second-order valence-corrected chi connectivity index (χ2v) is 3.32. The van der Waals surface area contributed by atoms with Gasteiger partial charge in [0.15, 0.2) is 11.2 Å². The molecule has 0 aliphatic carbocycles. The molecule has 2 rings (SSSR count). The first-order valence-electron chi connectivity index (χ1n) is 5.18. The Labute approximate surface area is 92.9 Å². The van der Waals surface area contributed by atoms with E-state index >= 15 is 0 Å². The van der Waals surface area contributed by atoms with Gasteiger partial charge in [0.1, 0.15) is 0 Å². The Bertz CT molecular complexity index is 488. The summed E-state index contributed by atoms with van der Waals surface area (Å²) < 4.78 is 5.51. The fraction of sp³-hybridized carbons (Fsp3) is 0.400. The highest BCUT2D eigenvalue weighted by Crippen LogP contribution is 2.18. The van der Waals surface area contributed by atoms with Gasteiger partial charge >= 0.3 is 0 Å². The molecule has 2 aromatic heterocycles. The van der Waals surface area contributed by atoms with Crippen molar-refractivity contribution in [2.24, 2.45) is 0 Å². The predicted octanol–water partition coefficient (Wildman–Crippen LogP) is 1.18. The topological polar surface area (TPSA) is 86.8 Å². The van der Waals surface area contributed by atoms with Crippen molar-refractivity contribution in [3.05, 3.63) is 12.4 Å². The highest BCUT2D eigenvalue weighted by molar-refractivity contribution is 5.75. The summed E-state index contributed by atoms with van der Waals surface area (Å²) >= 11 is 0. The first-order valence-corrected chi connectivity index (χ1v) is 5.18. The summed E-state index contributed by atoms with van der Waals surface area (Å²) in [6, 6.07) is 0. The molecule has 2 aromatic rings. The number of fused-ring (bicyclic) bond motifs is 1. The van der Waals surface area contributed by atoms with Crippen molar-refractivity contribution < 1.29 is 4.74 Å². The predicted molar refractivity (Wildman–Crippen MR) is 59.9 cm³/mol. The molecule has 0 bridgehead atoms. The van der Waals surface area contributed by atoms with Gasteiger partial charge in [-0.15, -0.1) is 0 Å². The molecular weight excluding hydrogens is 206 g/mol. The zero-order valence-corrected chi connectivity index (χ0v) is 9.05. The van der Waals surface area contributed by atoms with Crippen molar-refractivity contribution >= 4 is 17.1 Å². The molecule has 0 fully saturated rings. The van der Waals surface area contributed by atoms with Crippen LogP contribution in [0, 0.1) is 0 Å². The van der Waals surface area contributed by atoms with Crippen LogP contribution in [0.1, 0.15) is 19.8 Å². The molecule has 6 nitrogen and oxygen atoms in total. The van der Waals surface area contributed by atoms with E-state index in [0.29, 0.717) is 23.7 Å². The quantitative estimate of drug-likeness (QED) is 0.777. The zero-order chi connectivity index (χ0) is 11.4. The van der Waals surface area contributed by atoms with Crippen LogP contribution in [0.4, 0.5) is 5.95 Å². The molecule has 2 heterocycles. The Morgan fingerprint density at radius 1 is 1.25 bits per heavy atom. The number of unbranched alkanes of at least 4 members (excludes halogenated alkanes) is 1. The molecule has 0 saturated heterocycles. The van der Waals surface area contributed by atoms with E-state index in [1.54, 1.807) is 12.4 Å². The third-order valence-electron chi connectivity index (χ3n) is 2.05. The number of nitrogens with two attached hydrogens (primary N) is 1. The van der Waals surface area contributed by atoms with Gasteiger partial charge in [-0.05, 0) is 6.42 Å². The van der Waals surface area contributed by atoms with Gasteiger partial charge in [0.2, 0.25) is 11.8 Å². The molecule has 0 spiro atoms. The molecule has 0 amide bonds. The number of nitrogen functional groups attached to an aromatic ring is 1. The van der Waals surface area contributed by atoms with Crippen molar-refractivity contribution in [2.45, 2.75) is 19.8 Å². The van der Waals surface area contributed by atoms with Gasteiger partial charge in [0.05, 0.1) is 6.61 Å². The molecule has 0 atom stereocenters. The van der Waals surface area contributed by atoms with E-state index in [2.05, 4.69) is 26.9 Å². The summed E-state index contributed by atoms with van der Waals surface area (Å²) in [5.74, 6) is 0.559. The second-order valence-electron chi connectivity index (χ2n) is 3.32. The monoisotopic (exact) mass is 219 g/mol. The molecule has 16 heavy (non-hydrogen) atoms. The Balaban J connectivity index is 2.34. The summed E-state index contributed by atoms with van der Waals surface area (Å²) in [6.07, 6.45) is 5.16. The van der Waals surface area contributed by atoms with E-state index in [1.807, 2.05) is 0 Å². The zero-order valence-electron chi connectivity index (χ0n) is 9.05. The van der Waals surface area contributed by atoms with Crippen molar-refractivity contribution in [1.29, 1.82) is 0 Å². The molecule has 84 valence electrons. The Morgan fingerprint density at radius 2 is 2.06 bits per heavy atom. The molecular formula is C10H13N5O. The lowest BCUT2D eigenvalue weighted by Gasteiger charge is -2.06. The van der Waals surface area contributed by atoms with Crippen molar-refractivity contribution in [3.63, 3.8) is 0 Å². The lowest BCUT2D eigenvalue weighted by molar-refractivity contribution is 0.301. The highest BCUT2D eigenvalue weighted by Gasteiger charge is 2.08. The lowest BCUT2D eigenvalue weighted by Crippen LogP contribution is -2.04. The Kier molecular flexibility index (Phi) is 3.09. The van der Waals surface area contributed by atoms with Gasteiger partial charge < -0.3 is 10.5 Å². The minimum Gasteiger partial charge on any atom is -0.476 e. The lowest BCUT2D eigenvalue weighted by atomic mass is 10.4. The number of aromatic nitrogens is 4. The number of ether oxygens (including phenoxy) is 1. The first-order chi connectivity index (χ1) is 7.81. The van der Waals surface area contributed by atoms with Gasteiger partial charge in [0.25, 0.3) is 0 Å². The average Bonchev–Trinajstić information content (AvgIpc) is 2.29. The van der Waals surface area contributed by atoms with E-state index in [4.69, 9.17) is 10.5 Å². The maximum atomic E-state index is 5.56. The standard InChI is InChI=1S/C10H13N5O/c1-2-3-6-16-9-7-8(13-5-4-12-7)14-10(11)15-9/h4-5H,2-3,6H2,1H3,(H2,11,13,14,15). The van der Waals surface area contributed by atoms with Crippen LogP contribution in [0.25, 0.3) is 11.2 Å². The number of hydrogen-bond donors (Lipinski definition) is 1. The summed E-state index contributed by atoms with van der Waals surface area (Å²) in [6.45, 7) is 2.69. The normalized spacial score (nSPS) is 10.6. The smallest absolute Gasteiger partial charge is 0.247 e. The molecule has 0 aromatic carbocycles. The fourth-order valence-electron chi connectivity index (χ4n) is 1.27. The van der Waals surface area contributed by atoms with Crippen molar-refractivity contribution in [2.75, 3.05) is 12.3 Å². The number of anilines is 1. The molecule has 0 aliphatic rings. The van der Waals surface area contributed by atoms with E-state index in [1.165, 1.54) is 0 Å². The minimum atomic E-state index is 0.152. The molecule has 2 N–H and O–H groups in total. The van der Waals surface area contributed by atoms with Gasteiger partial charge in [-0.2, -0.15) is 9.97 Å². The van der Waals surface area contributed by atoms with E-state index in [0.717, 1.165) is 12.8 Å². The van der Waals surface area contributed by atoms with Crippen LogP contribution >= 0.6 is 0 Å². The van der Waals surface area contributed by atoms with E-state index in [-0.39, 0.29) is 5.95 Å². The Morgan fingerprint density at radius 3 is 2.88 bits per heavy atom. The van der Waals surface area contributed by atoms with Crippen LogP contribution in [-0.2, 0) is 0 Å². The molecule has 0 aliphatic heterocycles. The summed E-state index contributed by atoms with van der Waals surface area (Å²) in [5.41, 5.74) is 6.57. The molecule has 0 radical (unpaired) electrons. The van der Waals surface area contributed by atoms with Crippen LogP contribution in [-0.4, -0.2) is 26.5 Å². The SMILES string of the molecule is CCCCOc1nc(N)nc2nccnc12. The van der Waals surface area contributed by atoms with Crippen LogP contribution in [0.2, 0.25) is 0 Å². The van der Waals surface area contributed by atoms with E-state index < -0.39 is 0 Å². The number of rotatable bonds is 4. The molecule has 6 heteroatoms. The van der Waals surface area contributed by atoms with Crippen LogP contribution < -0.4 is 10.5 Å². The van der Waals surface area contributed by atoms with Gasteiger partial charge in [-0.25, -0.2) is 9.97 Å². The minimum absolute atomic E-state index is 0.152. The van der Waals surface area contributed by atoms with Crippen molar-refractivity contribution in [1.82, 2.24) is 19.9 Å². The third kappa shape index (κ3) is 2.16. The van der Waals surface area contributed by atoms with E-state index in [9.17, 15) is 0 Å². The third-order valence-corrected chi connectivity index (χ3v) is 2.05. The maximum absolute atomic E-state index is 5.56. The van der Waals surface area contributed by atoms with Gasteiger partial charge in [-0.1, -0.05) is 13.3 Å². The molecule has 0 saturated carbocycles. The van der Waals surface area contributed by atoms with Crippen molar-refractivity contribution in [3.8, 4) is 5.88 Å². The largest absolute Gasteiger partial charge is 0.476 e. The van der Waals surface area contributed by atoms with Gasteiger partial charge in [0, 0.05) is 12.4 Å². The first kappa shape index (κ1) is 10.5. The van der Waals surface area contributed by atoms with Crippen LogP contribution in [0.15, 0.2) is 12.4 Å². The van der Waals surface area contributed by atoms with Crippen LogP contribution in [0.3, 0.4) is 0 Å². The number of nitrogens with zero attached hydrogens (tertiary/aromatic N) is 4. The van der Waals surface area contributed by atoms with Crippen LogP contribution in [0.5, 0.6) is 5.88 Å². The maximum Gasteiger partial charge on any atom is 0.247 e.